The minimum absolute atomic E-state index is 0.0273. The quantitative estimate of drug-likeness (QED) is 0.862. The molecule has 0 aromatic carbocycles. The van der Waals surface area contributed by atoms with Crippen LogP contribution in [0.15, 0.2) is 0 Å². The fourth-order valence-corrected chi connectivity index (χ4v) is 3.82. The summed E-state index contributed by atoms with van der Waals surface area (Å²) in [7, 11) is 0. The first-order chi connectivity index (χ1) is 10.5. The van der Waals surface area contributed by atoms with Crippen molar-refractivity contribution in [2.45, 2.75) is 59.1 Å². The van der Waals surface area contributed by atoms with Gasteiger partial charge in [-0.15, -0.1) is 0 Å². The van der Waals surface area contributed by atoms with Gasteiger partial charge in [-0.1, -0.05) is 13.8 Å². The molecule has 2 aliphatic rings. The van der Waals surface area contributed by atoms with E-state index in [9.17, 15) is 14.7 Å². The van der Waals surface area contributed by atoms with Crippen molar-refractivity contribution in [2.24, 2.45) is 11.3 Å². The highest BCUT2D eigenvalue weighted by atomic mass is 16.6. The van der Waals surface area contributed by atoms with E-state index in [-0.39, 0.29) is 17.4 Å². The molecule has 0 aromatic rings. The predicted molar refractivity (Wildman–Crippen MR) is 87.3 cm³/mol. The molecule has 2 heterocycles. The van der Waals surface area contributed by atoms with E-state index in [2.05, 4.69) is 4.90 Å². The fourth-order valence-electron chi connectivity index (χ4n) is 3.82. The summed E-state index contributed by atoms with van der Waals surface area (Å²) >= 11 is 0. The maximum atomic E-state index is 12.2. The first-order valence-corrected chi connectivity index (χ1v) is 8.48. The van der Waals surface area contributed by atoms with Gasteiger partial charge in [0.2, 0.25) is 0 Å². The topological polar surface area (TPSA) is 70.1 Å². The molecule has 2 aliphatic heterocycles. The Hall–Kier alpha value is -1.30. The molecule has 6 nitrogen and oxygen atoms in total. The van der Waals surface area contributed by atoms with Crippen LogP contribution in [0.3, 0.4) is 0 Å². The van der Waals surface area contributed by atoms with Gasteiger partial charge in [0, 0.05) is 25.0 Å². The molecule has 1 amide bonds. The molecule has 2 fully saturated rings. The molecule has 0 radical (unpaired) electrons. The zero-order valence-corrected chi connectivity index (χ0v) is 15.0. The summed E-state index contributed by atoms with van der Waals surface area (Å²) in [6, 6.07) is -0.440. The first kappa shape index (κ1) is 18.0. The molecule has 6 heteroatoms. The molecule has 0 bridgehead atoms. The highest BCUT2D eigenvalue weighted by molar-refractivity contribution is 5.74. The van der Waals surface area contributed by atoms with Gasteiger partial charge in [0.05, 0.1) is 0 Å². The molecule has 1 N–H and O–H groups in total. The number of ether oxygens (including phenoxy) is 1. The third-order valence-corrected chi connectivity index (χ3v) is 4.84. The Labute approximate surface area is 138 Å². The van der Waals surface area contributed by atoms with E-state index in [0.717, 1.165) is 25.9 Å². The number of carboxylic acids is 1. The average molecular weight is 326 g/mol. The van der Waals surface area contributed by atoms with Crippen LogP contribution in [0.2, 0.25) is 0 Å². The molecule has 0 aliphatic carbocycles. The van der Waals surface area contributed by atoms with Crippen molar-refractivity contribution in [3.63, 3.8) is 0 Å². The summed E-state index contributed by atoms with van der Waals surface area (Å²) in [5.74, 6) is -0.676. The van der Waals surface area contributed by atoms with E-state index < -0.39 is 17.6 Å². The maximum absolute atomic E-state index is 12.2. The Morgan fingerprint density at radius 1 is 1.13 bits per heavy atom. The second kappa shape index (κ2) is 6.30. The number of carbonyl (C=O) groups is 2. The SMILES string of the molecule is CC(C)C(C(=O)O)N1CC[C@@]2(CCN(C(=O)OC(C)(C)C)C2)C1. The molecule has 2 saturated heterocycles. The lowest BCUT2D eigenvalue weighted by atomic mass is 9.86. The number of amides is 1. The lowest BCUT2D eigenvalue weighted by Gasteiger charge is -2.30. The molecule has 2 rings (SSSR count). The second-order valence-electron chi connectivity index (χ2n) is 8.40. The normalized spacial score (nSPS) is 27.0. The number of hydrogen-bond donors (Lipinski definition) is 1. The van der Waals surface area contributed by atoms with E-state index in [1.165, 1.54) is 0 Å². The summed E-state index contributed by atoms with van der Waals surface area (Å²) in [5.41, 5.74) is -0.458. The lowest BCUT2D eigenvalue weighted by molar-refractivity contribution is -0.144. The van der Waals surface area contributed by atoms with Crippen molar-refractivity contribution in [1.29, 1.82) is 0 Å². The van der Waals surface area contributed by atoms with Crippen molar-refractivity contribution < 1.29 is 19.4 Å². The Kier molecular flexibility index (Phi) is 4.95. The van der Waals surface area contributed by atoms with Crippen LogP contribution >= 0.6 is 0 Å². The molecule has 1 spiro atoms. The molecule has 0 saturated carbocycles. The number of aliphatic carboxylic acids is 1. The van der Waals surface area contributed by atoms with Crippen molar-refractivity contribution in [3.05, 3.63) is 0 Å². The smallest absolute Gasteiger partial charge is 0.410 e. The van der Waals surface area contributed by atoms with Gasteiger partial charge in [-0.3, -0.25) is 9.69 Å². The highest BCUT2D eigenvalue weighted by Crippen LogP contribution is 2.41. The van der Waals surface area contributed by atoms with Crippen molar-refractivity contribution in [3.8, 4) is 0 Å². The summed E-state index contributed by atoms with van der Waals surface area (Å²) < 4.78 is 5.45. The summed E-state index contributed by atoms with van der Waals surface area (Å²) in [5, 5.41) is 9.48. The summed E-state index contributed by atoms with van der Waals surface area (Å²) in [6.07, 6.45) is 1.61. The fraction of sp³-hybridized carbons (Fsp3) is 0.882. The molecule has 132 valence electrons. The maximum Gasteiger partial charge on any atom is 0.410 e. The zero-order chi connectivity index (χ0) is 17.4. The molecule has 1 unspecified atom stereocenters. The number of carboxylic acid groups (broad SMARTS) is 1. The van der Waals surface area contributed by atoms with Crippen LogP contribution in [-0.4, -0.2) is 64.8 Å². The Balaban J connectivity index is 1.98. The molecular weight excluding hydrogens is 296 g/mol. The van der Waals surface area contributed by atoms with Crippen LogP contribution in [-0.2, 0) is 9.53 Å². The lowest BCUT2D eigenvalue weighted by Crippen LogP contribution is -2.45. The number of hydrogen-bond acceptors (Lipinski definition) is 4. The summed E-state index contributed by atoms with van der Waals surface area (Å²) in [6.45, 7) is 12.4. The largest absolute Gasteiger partial charge is 0.480 e. The van der Waals surface area contributed by atoms with Crippen LogP contribution in [0.1, 0.15) is 47.5 Å². The average Bonchev–Trinajstić information content (AvgIpc) is 2.95. The van der Waals surface area contributed by atoms with Gasteiger partial charge in [0.25, 0.3) is 0 Å². The van der Waals surface area contributed by atoms with Crippen LogP contribution in [0, 0.1) is 11.3 Å². The Morgan fingerprint density at radius 3 is 2.26 bits per heavy atom. The number of rotatable bonds is 3. The third-order valence-electron chi connectivity index (χ3n) is 4.84. The second-order valence-corrected chi connectivity index (χ2v) is 8.40. The van der Waals surface area contributed by atoms with Gasteiger partial charge in [0.15, 0.2) is 0 Å². The molecule has 2 atom stereocenters. The van der Waals surface area contributed by atoms with Gasteiger partial charge in [-0.2, -0.15) is 0 Å². The van der Waals surface area contributed by atoms with Crippen LogP contribution in [0.4, 0.5) is 4.79 Å². The molecule has 23 heavy (non-hydrogen) atoms. The first-order valence-electron chi connectivity index (χ1n) is 8.48. The minimum atomic E-state index is -0.751. The van der Waals surface area contributed by atoms with Crippen LogP contribution in [0.5, 0.6) is 0 Å². The molecule has 0 aromatic heterocycles. The van der Waals surface area contributed by atoms with Gasteiger partial charge < -0.3 is 14.7 Å². The van der Waals surface area contributed by atoms with E-state index in [1.807, 2.05) is 34.6 Å². The van der Waals surface area contributed by atoms with E-state index in [0.29, 0.717) is 13.1 Å². The number of nitrogens with zero attached hydrogens (tertiary/aromatic N) is 2. The van der Waals surface area contributed by atoms with Crippen molar-refractivity contribution in [1.82, 2.24) is 9.80 Å². The van der Waals surface area contributed by atoms with Crippen LogP contribution in [0.25, 0.3) is 0 Å². The number of likely N-dealkylation sites (tertiary alicyclic amines) is 2. The molecular formula is C17H30N2O4. The summed E-state index contributed by atoms with van der Waals surface area (Å²) in [4.78, 5) is 27.6. The van der Waals surface area contributed by atoms with E-state index in [1.54, 1.807) is 4.90 Å². The zero-order valence-electron chi connectivity index (χ0n) is 15.0. The van der Waals surface area contributed by atoms with E-state index in [4.69, 9.17) is 4.74 Å². The van der Waals surface area contributed by atoms with Gasteiger partial charge in [-0.05, 0) is 46.1 Å². The Bertz CT molecular complexity index is 472. The van der Waals surface area contributed by atoms with Gasteiger partial charge in [0.1, 0.15) is 11.6 Å². The third kappa shape index (κ3) is 4.16. The van der Waals surface area contributed by atoms with Gasteiger partial charge in [-0.25, -0.2) is 4.79 Å². The standard InChI is InChI=1S/C17H30N2O4/c1-12(2)13(14(20)21)18-8-6-17(10-18)7-9-19(11-17)15(22)23-16(3,4)5/h12-13H,6-11H2,1-5H3,(H,20,21)/t13?,17-/m1/s1. The van der Waals surface area contributed by atoms with Crippen molar-refractivity contribution in [2.75, 3.05) is 26.2 Å². The monoisotopic (exact) mass is 326 g/mol. The van der Waals surface area contributed by atoms with Crippen LogP contribution < -0.4 is 0 Å². The Morgan fingerprint density at radius 2 is 1.74 bits per heavy atom. The highest BCUT2D eigenvalue weighted by Gasteiger charge is 2.48. The minimum Gasteiger partial charge on any atom is -0.480 e. The van der Waals surface area contributed by atoms with Crippen molar-refractivity contribution >= 4 is 12.1 Å². The predicted octanol–water partition coefficient (Wildman–Crippen LogP) is 2.43. The van der Waals surface area contributed by atoms with Gasteiger partial charge >= 0.3 is 12.1 Å². The number of carbonyl (C=O) groups excluding carboxylic acids is 1. The van der Waals surface area contributed by atoms with E-state index >= 15 is 0 Å².